The highest BCUT2D eigenvalue weighted by atomic mass is 16.2. The van der Waals surface area contributed by atoms with Crippen molar-refractivity contribution < 1.29 is 9.59 Å². The summed E-state index contributed by atoms with van der Waals surface area (Å²) in [5.41, 5.74) is 0. The first-order chi connectivity index (χ1) is 8.45. The average molecular weight is 252 g/mol. The Kier molecular flexibility index (Phi) is 5.38. The molecule has 1 aliphatic heterocycles. The van der Waals surface area contributed by atoms with Gasteiger partial charge in [-0.2, -0.15) is 0 Å². The zero-order valence-electron chi connectivity index (χ0n) is 11.6. The van der Waals surface area contributed by atoms with Gasteiger partial charge >= 0.3 is 0 Å². The SMILES string of the molecule is C=CCC(C)N1CCC(=O)NC(CC(C)C)C1=O. The monoisotopic (exact) mass is 252 g/mol. The fourth-order valence-electron chi connectivity index (χ4n) is 2.30. The average Bonchev–Trinajstić information content (AvgIpc) is 2.39. The highest BCUT2D eigenvalue weighted by molar-refractivity contribution is 5.90. The molecular weight excluding hydrogens is 228 g/mol. The molecule has 1 heterocycles. The van der Waals surface area contributed by atoms with Crippen molar-refractivity contribution in [1.82, 2.24) is 10.2 Å². The lowest BCUT2D eigenvalue weighted by Crippen LogP contribution is -2.48. The van der Waals surface area contributed by atoms with Gasteiger partial charge in [-0.1, -0.05) is 19.9 Å². The van der Waals surface area contributed by atoms with Gasteiger partial charge in [-0.25, -0.2) is 0 Å². The van der Waals surface area contributed by atoms with Crippen LogP contribution < -0.4 is 5.32 Å². The first-order valence-corrected chi connectivity index (χ1v) is 6.66. The van der Waals surface area contributed by atoms with Crippen molar-refractivity contribution in [1.29, 1.82) is 0 Å². The van der Waals surface area contributed by atoms with E-state index in [4.69, 9.17) is 0 Å². The Morgan fingerprint density at radius 3 is 2.67 bits per heavy atom. The molecule has 0 bridgehead atoms. The molecule has 4 heteroatoms. The van der Waals surface area contributed by atoms with E-state index >= 15 is 0 Å². The summed E-state index contributed by atoms with van der Waals surface area (Å²) in [6.45, 7) is 10.3. The number of rotatable bonds is 5. The maximum absolute atomic E-state index is 12.4. The normalized spacial score (nSPS) is 22.7. The van der Waals surface area contributed by atoms with Crippen LogP contribution in [-0.2, 0) is 9.59 Å². The van der Waals surface area contributed by atoms with Crippen LogP contribution in [0, 0.1) is 5.92 Å². The number of carbonyl (C=O) groups excluding carboxylic acids is 2. The zero-order valence-corrected chi connectivity index (χ0v) is 11.6. The van der Waals surface area contributed by atoms with Gasteiger partial charge in [-0.15, -0.1) is 6.58 Å². The molecule has 0 aliphatic carbocycles. The minimum Gasteiger partial charge on any atom is -0.344 e. The summed E-state index contributed by atoms with van der Waals surface area (Å²) >= 11 is 0. The van der Waals surface area contributed by atoms with Gasteiger partial charge in [0, 0.05) is 19.0 Å². The fraction of sp³-hybridized carbons (Fsp3) is 0.714. The molecule has 0 spiro atoms. The quantitative estimate of drug-likeness (QED) is 0.757. The Morgan fingerprint density at radius 1 is 1.44 bits per heavy atom. The number of amides is 2. The summed E-state index contributed by atoms with van der Waals surface area (Å²) in [5.74, 6) is 0.403. The first-order valence-electron chi connectivity index (χ1n) is 6.66. The number of carbonyl (C=O) groups is 2. The van der Waals surface area contributed by atoms with E-state index in [-0.39, 0.29) is 23.9 Å². The molecule has 0 aromatic rings. The van der Waals surface area contributed by atoms with Crippen LogP contribution in [-0.4, -0.2) is 35.3 Å². The van der Waals surface area contributed by atoms with Gasteiger partial charge in [0.25, 0.3) is 0 Å². The smallest absolute Gasteiger partial charge is 0.245 e. The van der Waals surface area contributed by atoms with E-state index in [0.29, 0.717) is 25.3 Å². The van der Waals surface area contributed by atoms with Gasteiger partial charge in [0.05, 0.1) is 0 Å². The van der Waals surface area contributed by atoms with E-state index in [0.717, 1.165) is 6.42 Å². The number of hydrogen-bond acceptors (Lipinski definition) is 2. The lowest BCUT2D eigenvalue weighted by Gasteiger charge is -2.29. The highest BCUT2D eigenvalue weighted by Crippen LogP contribution is 2.15. The molecule has 0 aromatic carbocycles. The summed E-state index contributed by atoms with van der Waals surface area (Å²) in [7, 11) is 0. The van der Waals surface area contributed by atoms with Gasteiger partial charge in [0.2, 0.25) is 11.8 Å². The minimum atomic E-state index is -0.368. The van der Waals surface area contributed by atoms with Gasteiger partial charge < -0.3 is 10.2 Å². The van der Waals surface area contributed by atoms with E-state index in [1.807, 2.05) is 17.9 Å². The van der Waals surface area contributed by atoms with Crippen molar-refractivity contribution in [3.63, 3.8) is 0 Å². The topological polar surface area (TPSA) is 49.4 Å². The molecule has 1 N–H and O–H groups in total. The highest BCUT2D eigenvalue weighted by Gasteiger charge is 2.32. The second-order valence-corrected chi connectivity index (χ2v) is 5.40. The van der Waals surface area contributed by atoms with Crippen LogP contribution >= 0.6 is 0 Å². The van der Waals surface area contributed by atoms with Crippen molar-refractivity contribution in [2.24, 2.45) is 5.92 Å². The van der Waals surface area contributed by atoms with Crippen LogP contribution in [0.2, 0.25) is 0 Å². The third kappa shape index (κ3) is 3.86. The molecular formula is C14H24N2O2. The Bertz CT molecular complexity index is 326. The number of nitrogens with zero attached hydrogens (tertiary/aromatic N) is 1. The van der Waals surface area contributed by atoms with Gasteiger partial charge in [-0.3, -0.25) is 9.59 Å². The molecule has 2 atom stereocenters. The third-order valence-corrected chi connectivity index (χ3v) is 3.24. The predicted molar refractivity (Wildman–Crippen MR) is 72.0 cm³/mol. The molecule has 1 rings (SSSR count). The Labute approximate surface area is 109 Å². The maximum Gasteiger partial charge on any atom is 0.245 e. The van der Waals surface area contributed by atoms with Crippen molar-refractivity contribution in [2.75, 3.05) is 6.54 Å². The van der Waals surface area contributed by atoms with E-state index in [1.54, 1.807) is 0 Å². The van der Waals surface area contributed by atoms with Crippen molar-refractivity contribution >= 4 is 11.8 Å². The van der Waals surface area contributed by atoms with Crippen LogP contribution in [0.3, 0.4) is 0 Å². The van der Waals surface area contributed by atoms with Crippen LogP contribution in [0.5, 0.6) is 0 Å². The Morgan fingerprint density at radius 2 is 2.11 bits per heavy atom. The molecule has 1 aliphatic rings. The second-order valence-electron chi connectivity index (χ2n) is 5.40. The number of hydrogen-bond donors (Lipinski definition) is 1. The second kappa shape index (κ2) is 6.57. The summed E-state index contributed by atoms with van der Waals surface area (Å²) < 4.78 is 0. The standard InChI is InChI=1S/C14H24N2O2/c1-5-6-11(4)16-8-7-13(17)15-12(14(16)18)9-10(2)3/h5,10-12H,1,6-9H2,2-4H3,(H,15,17). The molecule has 102 valence electrons. The van der Waals surface area contributed by atoms with Gasteiger partial charge in [0.15, 0.2) is 0 Å². The third-order valence-electron chi connectivity index (χ3n) is 3.24. The summed E-state index contributed by atoms with van der Waals surface area (Å²) in [4.78, 5) is 25.9. The van der Waals surface area contributed by atoms with Gasteiger partial charge in [-0.05, 0) is 25.7 Å². The zero-order chi connectivity index (χ0) is 13.7. The van der Waals surface area contributed by atoms with Crippen molar-refractivity contribution in [3.8, 4) is 0 Å². The predicted octanol–water partition coefficient (Wildman–Crippen LogP) is 1.71. The minimum absolute atomic E-state index is 0.0256. The Balaban J connectivity index is 2.81. The molecule has 0 aromatic heterocycles. The van der Waals surface area contributed by atoms with Crippen molar-refractivity contribution in [3.05, 3.63) is 12.7 Å². The van der Waals surface area contributed by atoms with Gasteiger partial charge in [0.1, 0.15) is 6.04 Å². The molecule has 1 saturated heterocycles. The molecule has 0 radical (unpaired) electrons. The van der Waals surface area contributed by atoms with Crippen LogP contribution in [0.15, 0.2) is 12.7 Å². The largest absolute Gasteiger partial charge is 0.344 e. The molecule has 2 amide bonds. The molecule has 1 fully saturated rings. The maximum atomic E-state index is 12.4. The van der Waals surface area contributed by atoms with E-state index < -0.39 is 0 Å². The molecule has 18 heavy (non-hydrogen) atoms. The lowest BCUT2D eigenvalue weighted by molar-refractivity contribution is -0.135. The molecule has 4 nitrogen and oxygen atoms in total. The molecule has 2 unspecified atom stereocenters. The summed E-state index contributed by atoms with van der Waals surface area (Å²) in [6.07, 6.45) is 3.66. The van der Waals surface area contributed by atoms with Crippen LogP contribution in [0.25, 0.3) is 0 Å². The van der Waals surface area contributed by atoms with Crippen LogP contribution in [0.1, 0.15) is 40.0 Å². The Hall–Kier alpha value is -1.32. The van der Waals surface area contributed by atoms with E-state index in [2.05, 4.69) is 25.7 Å². The summed E-state index contributed by atoms with van der Waals surface area (Å²) in [5, 5.41) is 2.83. The van der Waals surface area contributed by atoms with E-state index in [1.165, 1.54) is 0 Å². The van der Waals surface area contributed by atoms with Crippen molar-refractivity contribution in [2.45, 2.75) is 52.1 Å². The lowest BCUT2D eigenvalue weighted by atomic mass is 10.0. The number of nitrogens with one attached hydrogen (secondary N) is 1. The first kappa shape index (κ1) is 14.7. The van der Waals surface area contributed by atoms with Crippen LogP contribution in [0.4, 0.5) is 0 Å². The fourth-order valence-corrected chi connectivity index (χ4v) is 2.30. The molecule has 0 saturated carbocycles. The summed E-state index contributed by atoms with van der Waals surface area (Å²) in [6, 6.07) is -0.260. The van der Waals surface area contributed by atoms with E-state index in [9.17, 15) is 9.59 Å².